The number of unbranched alkanes of at least 4 members (excludes halogenated alkanes) is 4. The van der Waals surface area contributed by atoms with Gasteiger partial charge in [0.2, 0.25) is 5.91 Å². The highest BCUT2D eigenvalue weighted by Gasteiger charge is 2.01. The number of carbonyl (C=O) groups is 2. The molecule has 0 saturated heterocycles. The summed E-state index contributed by atoms with van der Waals surface area (Å²) in [5.41, 5.74) is 6.15. The van der Waals surface area contributed by atoms with E-state index in [4.69, 9.17) is 10.5 Å². The first-order valence-corrected chi connectivity index (χ1v) is 6.24. The fraction of sp³-hybridized carbons (Fsp3) is 0.571. The molecule has 0 unspecified atom stereocenters. The van der Waals surface area contributed by atoms with E-state index >= 15 is 0 Å². The van der Waals surface area contributed by atoms with Crippen molar-refractivity contribution < 1.29 is 14.3 Å². The molecule has 0 atom stereocenters. The van der Waals surface area contributed by atoms with Gasteiger partial charge in [-0.05, 0) is 33.1 Å². The molecule has 4 heteroatoms. The van der Waals surface area contributed by atoms with Crippen LogP contribution in [-0.2, 0) is 14.3 Å². The molecular weight excluding hydrogens is 230 g/mol. The van der Waals surface area contributed by atoms with E-state index in [0.717, 1.165) is 32.1 Å². The van der Waals surface area contributed by atoms with Crippen LogP contribution in [0.5, 0.6) is 0 Å². The smallest absolute Gasteiger partial charge is 0.333 e. The third-order valence-corrected chi connectivity index (χ3v) is 2.52. The molecule has 0 bridgehead atoms. The van der Waals surface area contributed by atoms with Gasteiger partial charge in [0.1, 0.15) is 0 Å². The lowest BCUT2D eigenvalue weighted by Gasteiger charge is -2.03. The van der Waals surface area contributed by atoms with Gasteiger partial charge in [0, 0.05) is 11.1 Å². The molecule has 0 aromatic rings. The van der Waals surface area contributed by atoms with Crippen molar-refractivity contribution >= 4 is 11.9 Å². The predicted molar refractivity (Wildman–Crippen MR) is 71.8 cm³/mol. The van der Waals surface area contributed by atoms with Crippen LogP contribution in [0.1, 0.15) is 46.0 Å². The van der Waals surface area contributed by atoms with Crippen LogP contribution in [-0.4, -0.2) is 18.5 Å². The summed E-state index contributed by atoms with van der Waals surface area (Å²) < 4.78 is 4.97. The number of carbonyl (C=O) groups excluding carboxylic acids is 2. The highest BCUT2D eigenvalue weighted by Crippen LogP contribution is 2.06. The van der Waals surface area contributed by atoms with E-state index in [0.29, 0.717) is 17.8 Å². The zero-order valence-electron chi connectivity index (χ0n) is 11.3. The molecule has 0 saturated carbocycles. The molecule has 0 radical (unpaired) electrons. The Labute approximate surface area is 109 Å². The first-order valence-electron chi connectivity index (χ1n) is 6.24. The molecule has 0 aliphatic carbocycles. The van der Waals surface area contributed by atoms with Crippen molar-refractivity contribution in [2.75, 3.05) is 6.61 Å². The van der Waals surface area contributed by atoms with Crippen molar-refractivity contribution in [1.29, 1.82) is 0 Å². The summed E-state index contributed by atoms with van der Waals surface area (Å²) in [6, 6.07) is 0. The van der Waals surface area contributed by atoms with E-state index in [2.05, 4.69) is 6.58 Å². The van der Waals surface area contributed by atoms with Crippen LogP contribution in [0.25, 0.3) is 0 Å². The SMILES string of the molecule is C=C(C)C(=O)OCCCCCCC=C(C)C(N)=O. The maximum absolute atomic E-state index is 11.0. The average Bonchev–Trinajstić information content (AvgIpc) is 2.31. The number of ether oxygens (including phenoxy) is 1. The quantitative estimate of drug-likeness (QED) is 0.390. The second kappa shape index (κ2) is 9.45. The molecule has 0 aliphatic heterocycles. The summed E-state index contributed by atoms with van der Waals surface area (Å²) in [5.74, 6) is -0.684. The van der Waals surface area contributed by atoms with Crippen molar-refractivity contribution in [2.24, 2.45) is 5.73 Å². The molecule has 0 heterocycles. The minimum Gasteiger partial charge on any atom is -0.462 e. The van der Waals surface area contributed by atoms with E-state index in [9.17, 15) is 9.59 Å². The molecule has 1 amide bonds. The van der Waals surface area contributed by atoms with Crippen LogP contribution in [0, 0.1) is 0 Å². The van der Waals surface area contributed by atoms with Gasteiger partial charge in [-0.15, -0.1) is 0 Å². The Morgan fingerprint density at radius 3 is 2.33 bits per heavy atom. The van der Waals surface area contributed by atoms with Gasteiger partial charge in [0.05, 0.1) is 6.61 Å². The highest BCUT2D eigenvalue weighted by molar-refractivity contribution is 5.91. The molecule has 2 N–H and O–H groups in total. The second-order valence-corrected chi connectivity index (χ2v) is 4.37. The van der Waals surface area contributed by atoms with Gasteiger partial charge in [0.25, 0.3) is 0 Å². The lowest BCUT2D eigenvalue weighted by atomic mass is 10.1. The van der Waals surface area contributed by atoms with Crippen LogP contribution >= 0.6 is 0 Å². The van der Waals surface area contributed by atoms with Gasteiger partial charge < -0.3 is 10.5 Å². The molecule has 18 heavy (non-hydrogen) atoms. The Balaban J connectivity index is 3.42. The Kier molecular flexibility index (Phi) is 8.62. The van der Waals surface area contributed by atoms with Gasteiger partial charge in [0.15, 0.2) is 0 Å². The Morgan fingerprint density at radius 2 is 1.78 bits per heavy atom. The minimum absolute atomic E-state index is 0.324. The van der Waals surface area contributed by atoms with Crippen molar-refractivity contribution in [3.05, 3.63) is 23.8 Å². The third-order valence-electron chi connectivity index (χ3n) is 2.52. The second-order valence-electron chi connectivity index (χ2n) is 4.37. The number of rotatable bonds is 9. The van der Waals surface area contributed by atoms with Crippen LogP contribution < -0.4 is 5.73 Å². The van der Waals surface area contributed by atoms with Crippen molar-refractivity contribution in [3.8, 4) is 0 Å². The number of nitrogens with two attached hydrogens (primary N) is 1. The van der Waals surface area contributed by atoms with Crippen LogP contribution in [0.4, 0.5) is 0 Å². The average molecular weight is 253 g/mol. The summed E-state index contributed by atoms with van der Waals surface area (Å²) in [6.07, 6.45) is 6.65. The fourth-order valence-electron chi connectivity index (χ4n) is 1.31. The van der Waals surface area contributed by atoms with Gasteiger partial charge in [-0.25, -0.2) is 4.79 Å². The molecule has 102 valence electrons. The number of hydrogen-bond acceptors (Lipinski definition) is 3. The molecule has 0 rings (SSSR count). The molecule has 4 nitrogen and oxygen atoms in total. The number of primary amides is 1. The third kappa shape index (κ3) is 8.56. The normalized spacial score (nSPS) is 11.1. The molecule has 0 aromatic carbocycles. The number of allylic oxidation sites excluding steroid dienone is 1. The van der Waals surface area contributed by atoms with Gasteiger partial charge in [-0.2, -0.15) is 0 Å². The highest BCUT2D eigenvalue weighted by atomic mass is 16.5. The topological polar surface area (TPSA) is 69.4 Å². The first kappa shape index (κ1) is 16.4. The summed E-state index contributed by atoms with van der Waals surface area (Å²) in [6.45, 7) is 7.31. The Hall–Kier alpha value is -1.58. The summed E-state index contributed by atoms with van der Waals surface area (Å²) in [5, 5.41) is 0. The standard InChI is InChI=1S/C14H23NO3/c1-11(2)14(17)18-10-8-6-4-5-7-9-12(3)13(15)16/h9H,1,4-8,10H2,2-3H3,(H2,15,16). The maximum atomic E-state index is 11.0. The number of amides is 1. The van der Waals surface area contributed by atoms with Crippen LogP contribution in [0.15, 0.2) is 23.8 Å². The van der Waals surface area contributed by atoms with Crippen molar-refractivity contribution in [1.82, 2.24) is 0 Å². The van der Waals surface area contributed by atoms with Crippen molar-refractivity contribution in [2.45, 2.75) is 46.0 Å². The Morgan fingerprint density at radius 1 is 1.17 bits per heavy atom. The van der Waals surface area contributed by atoms with E-state index in [1.165, 1.54) is 0 Å². The maximum Gasteiger partial charge on any atom is 0.333 e. The molecule has 0 spiro atoms. The summed E-state index contributed by atoms with van der Waals surface area (Å²) >= 11 is 0. The van der Waals surface area contributed by atoms with Crippen molar-refractivity contribution in [3.63, 3.8) is 0 Å². The van der Waals surface area contributed by atoms with Gasteiger partial charge in [-0.3, -0.25) is 4.79 Å². The van der Waals surface area contributed by atoms with E-state index in [1.54, 1.807) is 13.8 Å². The fourth-order valence-corrected chi connectivity index (χ4v) is 1.31. The monoisotopic (exact) mass is 253 g/mol. The molecule has 0 fully saturated rings. The molecular formula is C14H23NO3. The van der Waals surface area contributed by atoms with E-state index in [-0.39, 0.29) is 11.9 Å². The first-order chi connectivity index (χ1) is 8.45. The molecule has 0 aromatic heterocycles. The minimum atomic E-state index is -0.360. The number of esters is 1. The summed E-state index contributed by atoms with van der Waals surface area (Å²) in [4.78, 5) is 21.8. The van der Waals surface area contributed by atoms with Crippen LogP contribution in [0.2, 0.25) is 0 Å². The molecule has 0 aliphatic rings. The van der Waals surface area contributed by atoms with E-state index in [1.807, 2.05) is 6.08 Å². The lowest BCUT2D eigenvalue weighted by Crippen LogP contribution is -2.11. The summed E-state index contributed by atoms with van der Waals surface area (Å²) in [7, 11) is 0. The zero-order chi connectivity index (χ0) is 14.0. The zero-order valence-corrected chi connectivity index (χ0v) is 11.3. The Bertz CT molecular complexity index is 332. The van der Waals surface area contributed by atoms with Crippen LogP contribution in [0.3, 0.4) is 0 Å². The van der Waals surface area contributed by atoms with E-state index < -0.39 is 0 Å². The number of hydrogen-bond donors (Lipinski definition) is 1. The van der Waals surface area contributed by atoms with Gasteiger partial charge >= 0.3 is 5.97 Å². The van der Waals surface area contributed by atoms with Gasteiger partial charge in [-0.1, -0.05) is 25.5 Å². The lowest BCUT2D eigenvalue weighted by molar-refractivity contribution is -0.139. The largest absolute Gasteiger partial charge is 0.462 e. The predicted octanol–water partition coefficient (Wildman–Crippen LogP) is 2.49.